The van der Waals surface area contributed by atoms with E-state index in [0.29, 0.717) is 5.69 Å². The van der Waals surface area contributed by atoms with Gasteiger partial charge in [-0.05, 0) is 31.2 Å². The highest BCUT2D eigenvalue weighted by Gasteiger charge is 2.56. The molecule has 2 atom stereocenters. The van der Waals surface area contributed by atoms with Crippen molar-refractivity contribution in [2.75, 3.05) is 11.9 Å². The molecular formula is C16H15F4N5O. The van der Waals surface area contributed by atoms with Gasteiger partial charge in [0, 0.05) is 23.6 Å². The Balaban J connectivity index is 2.05. The summed E-state index contributed by atoms with van der Waals surface area (Å²) < 4.78 is 59.6. The smallest absolute Gasteiger partial charge is 0.386 e. The molecule has 0 saturated carbocycles. The van der Waals surface area contributed by atoms with Crippen LogP contribution in [0.2, 0.25) is 0 Å². The van der Waals surface area contributed by atoms with Crippen molar-refractivity contribution in [3.63, 3.8) is 0 Å². The van der Waals surface area contributed by atoms with E-state index in [0.717, 1.165) is 13.0 Å². The van der Waals surface area contributed by atoms with Crippen molar-refractivity contribution < 1.29 is 22.3 Å². The maximum Gasteiger partial charge on any atom is 0.417 e. The van der Waals surface area contributed by atoms with Crippen molar-refractivity contribution in [1.29, 1.82) is 0 Å². The highest BCUT2D eigenvalue weighted by molar-refractivity contribution is 5.83. The van der Waals surface area contributed by atoms with Gasteiger partial charge in [0.05, 0.1) is 0 Å². The van der Waals surface area contributed by atoms with E-state index in [2.05, 4.69) is 20.3 Å². The van der Waals surface area contributed by atoms with Crippen molar-refractivity contribution in [3.8, 4) is 0 Å². The molecule has 3 N–H and O–H groups in total. The molecule has 138 valence electrons. The summed E-state index contributed by atoms with van der Waals surface area (Å²) in [5.41, 5.74) is 3.49. The van der Waals surface area contributed by atoms with Gasteiger partial charge in [0.1, 0.15) is 23.8 Å². The van der Waals surface area contributed by atoms with Crippen LogP contribution in [0.1, 0.15) is 12.5 Å². The standard InChI is InChI=1S/C16H15F4N5O/c1-15(13(16(18,19)20)26-8-12(21)25-15)10-7-9(3-4-11(10)17)24-14-22-5-2-6-23-14/h2-7,13H,8H2,1H3,(H2,21,25)(H,22,23,24)/t13?,15-/m1/s1. The summed E-state index contributed by atoms with van der Waals surface area (Å²) in [7, 11) is 0. The van der Waals surface area contributed by atoms with Crippen LogP contribution in [0, 0.1) is 5.82 Å². The van der Waals surface area contributed by atoms with Crippen LogP contribution >= 0.6 is 0 Å². The van der Waals surface area contributed by atoms with Crippen LogP contribution in [0.25, 0.3) is 0 Å². The van der Waals surface area contributed by atoms with Crippen molar-refractivity contribution in [2.45, 2.75) is 24.7 Å². The van der Waals surface area contributed by atoms with Crippen molar-refractivity contribution in [1.82, 2.24) is 9.97 Å². The van der Waals surface area contributed by atoms with Crippen LogP contribution in [0.5, 0.6) is 0 Å². The summed E-state index contributed by atoms with van der Waals surface area (Å²) >= 11 is 0. The average Bonchev–Trinajstić information content (AvgIpc) is 2.56. The van der Waals surface area contributed by atoms with E-state index in [1.165, 1.54) is 24.5 Å². The number of rotatable bonds is 3. The summed E-state index contributed by atoms with van der Waals surface area (Å²) in [4.78, 5) is 11.8. The van der Waals surface area contributed by atoms with Crippen LogP contribution in [-0.4, -0.2) is 34.7 Å². The lowest BCUT2D eigenvalue weighted by Gasteiger charge is -2.39. The Morgan fingerprint density at radius 3 is 2.62 bits per heavy atom. The molecule has 0 fully saturated rings. The van der Waals surface area contributed by atoms with Gasteiger partial charge in [0.2, 0.25) is 5.95 Å². The van der Waals surface area contributed by atoms with Gasteiger partial charge < -0.3 is 15.8 Å². The van der Waals surface area contributed by atoms with E-state index in [9.17, 15) is 17.6 Å². The fourth-order valence-electron chi connectivity index (χ4n) is 2.82. The number of nitrogens with one attached hydrogen (secondary N) is 1. The molecule has 2 heterocycles. The molecule has 26 heavy (non-hydrogen) atoms. The van der Waals surface area contributed by atoms with E-state index < -0.39 is 30.2 Å². The normalized spacial score (nSPS) is 23.4. The molecule has 3 rings (SSSR count). The number of halogens is 4. The fraction of sp³-hybridized carbons (Fsp3) is 0.312. The molecule has 1 aliphatic heterocycles. The Kier molecular flexibility index (Phi) is 4.53. The first-order chi connectivity index (χ1) is 12.2. The van der Waals surface area contributed by atoms with Crippen LogP contribution < -0.4 is 11.1 Å². The molecule has 0 saturated heterocycles. The summed E-state index contributed by atoms with van der Waals surface area (Å²) in [6.45, 7) is 0.662. The molecule has 1 aliphatic rings. The lowest BCUT2D eigenvalue weighted by molar-refractivity contribution is -0.238. The van der Waals surface area contributed by atoms with Gasteiger partial charge in [-0.1, -0.05) is 0 Å². The summed E-state index contributed by atoms with van der Waals surface area (Å²) in [6, 6.07) is 5.22. The van der Waals surface area contributed by atoms with Gasteiger partial charge >= 0.3 is 6.18 Å². The van der Waals surface area contributed by atoms with Gasteiger partial charge in [0.15, 0.2) is 6.10 Å². The minimum atomic E-state index is -4.75. The second-order valence-corrected chi connectivity index (χ2v) is 5.88. The first-order valence-electron chi connectivity index (χ1n) is 7.57. The Morgan fingerprint density at radius 1 is 1.27 bits per heavy atom. The average molecular weight is 369 g/mol. The zero-order valence-electron chi connectivity index (χ0n) is 13.6. The third-order valence-electron chi connectivity index (χ3n) is 3.92. The Hall–Kier alpha value is -2.75. The van der Waals surface area contributed by atoms with E-state index in [-0.39, 0.29) is 17.3 Å². The topological polar surface area (TPSA) is 85.4 Å². The molecule has 10 heteroatoms. The summed E-state index contributed by atoms with van der Waals surface area (Å²) in [5.74, 6) is -0.786. The van der Waals surface area contributed by atoms with E-state index in [1.807, 2.05) is 0 Å². The van der Waals surface area contributed by atoms with Crippen molar-refractivity contribution in [2.24, 2.45) is 10.7 Å². The monoisotopic (exact) mass is 369 g/mol. The number of hydrogen-bond acceptors (Lipinski definition) is 6. The van der Waals surface area contributed by atoms with Crippen LogP contribution in [0.15, 0.2) is 41.7 Å². The number of ether oxygens (including phenoxy) is 1. The van der Waals surface area contributed by atoms with Gasteiger partial charge in [-0.25, -0.2) is 14.4 Å². The summed E-state index contributed by atoms with van der Waals surface area (Å²) in [5, 5.41) is 2.80. The molecular weight excluding hydrogens is 354 g/mol. The number of benzene rings is 1. The molecule has 1 aromatic heterocycles. The minimum Gasteiger partial charge on any atom is -0.386 e. The molecule has 0 amide bonds. The summed E-state index contributed by atoms with van der Waals surface area (Å²) in [6.07, 6.45) is -4.11. The molecule has 0 radical (unpaired) electrons. The predicted octanol–water partition coefficient (Wildman–Crippen LogP) is 2.89. The minimum absolute atomic E-state index is 0.142. The Labute approximate surface area is 146 Å². The maximum atomic E-state index is 14.4. The second kappa shape index (κ2) is 6.52. The predicted molar refractivity (Wildman–Crippen MR) is 86.5 cm³/mol. The largest absolute Gasteiger partial charge is 0.417 e. The first-order valence-corrected chi connectivity index (χ1v) is 7.57. The number of hydrogen-bond donors (Lipinski definition) is 2. The third kappa shape index (κ3) is 3.45. The maximum absolute atomic E-state index is 14.4. The molecule has 0 aliphatic carbocycles. The number of aliphatic imine (C=N–C) groups is 1. The lowest BCUT2D eigenvalue weighted by atomic mass is 9.84. The number of alkyl halides is 3. The number of aromatic nitrogens is 2. The number of nitrogens with zero attached hydrogens (tertiary/aromatic N) is 3. The van der Waals surface area contributed by atoms with Gasteiger partial charge in [-0.2, -0.15) is 13.2 Å². The van der Waals surface area contributed by atoms with E-state index >= 15 is 0 Å². The van der Waals surface area contributed by atoms with Crippen LogP contribution in [0.4, 0.5) is 29.2 Å². The highest BCUT2D eigenvalue weighted by atomic mass is 19.4. The lowest BCUT2D eigenvalue weighted by Crippen LogP contribution is -2.53. The number of nitrogens with two attached hydrogens (primary N) is 1. The zero-order valence-corrected chi connectivity index (χ0v) is 13.6. The molecule has 0 bridgehead atoms. The SMILES string of the molecule is C[C@]1(c2cc(Nc3ncccn3)ccc2F)N=C(N)COC1C(F)(F)F. The highest BCUT2D eigenvalue weighted by Crippen LogP contribution is 2.43. The molecule has 6 nitrogen and oxygen atoms in total. The zero-order chi connectivity index (χ0) is 18.9. The number of amidine groups is 1. The van der Waals surface area contributed by atoms with Crippen molar-refractivity contribution in [3.05, 3.63) is 48.0 Å². The van der Waals surface area contributed by atoms with E-state index in [1.54, 1.807) is 6.07 Å². The Bertz CT molecular complexity index is 827. The van der Waals surface area contributed by atoms with E-state index in [4.69, 9.17) is 10.5 Å². The molecule has 1 unspecified atom stereocenters. The van der Waals surface area contributed by atoms with Gasteiger partial charge in [-0.15, -0.1) is 0 Å². The van der Waals surface area contributed by atoms with Gasteiger partial charge in [-0.3, -0.25) is 4.99 Å². The molecule has 0 spiro atoms. The molecule has 2 aromatic rings. The van der Waals surface area contributed by atoms with Crippen LogP contribution in [0.3, 0.4) is 0 Å². The third-order valence-corrected chi connectivity index (χ3v) is 3.92. The Morgan fingerprint density at radius 2 is 1.96 bits per heavy atom. The first kappa shape index (κ1) is 18.1. The quantitative estimate of drug-likeness (QED) is 0.813. The van der Waals surface area contributed by atoms with Crippen LogP contribution in [-0.2, 0) is 10.3 Å². The fourth-order valence-corrected chi connectivity index (χ4v) is 2.82. The van der Waals surface area contributed by atoms with Crippen molar-refractivity contribution >= 4 is 17.5 Å². The number of anilines is 2. The van der Waals surface area contributed by atoms with Gasteiger partial charge in [0.25, 0.3) is 0 Å². The second-order valence-electron chi connectivity index (χ2n) is 5.88. The molecule has 1 aromatic carbocycles.